The average Bonchev–Trinajstić information content (AvgIpc) is 2.74. The molecule has 3 aromatic rings. The summed E-state index contributed by atoms with van der Waals surface area (Å²) >= 11 is 0. The number of para-hydroxylation sites is 1. The third kappa shape index (κ3) is 4.31. The number of carbonyl (C=O) groups excluding carboxylic acids is 2. The minimum absolute atomic E-state index is 0.0611. The summed E-state index contributed by atoms with van der Waals surface area (Å²) in [5.74, 6) is -0.367. The van der Waals surface area contributed by atoms with Crippen LogP contribution in [0.3, 0.4) is 0 Å². The number of ether oxygens (including phenoxy) is 1. The van der Waals surface area contributed by atoms with Crippen molar-refractivity contribution in [2.75, 3.05) is 17.7 Å². The van der Waals surface area contributed by atoms with Gasteiger partial charge in [0.15, 0.2) is 0 Å². The number of nitrogens with zero attached hydrogens (tertiary/aromatic N) is 2. The smallest absolute Gasteiger partial charge is 0.274 e. The first-order chi connectivity index (χ1) is 13.6. The molecule has 28 heavy (non-hydrogen) atoms. The summed E-state index contributed by atoms with van der Waals surface area (Å²) in [7, 11) is 1.54. The van der Waals surface area contributed by atoms with Crippen molar-refractivity contribution in [3.8, 4) is 11.8 Å². The zero-order valence-corrected chi connectivity index (χ0v) is 15.0. The number of pyridine rings is 1. The predicted molar refractivity (Wildman–Crippen MR) is 104 cm³/mol. The fourth-order valence-corrected chi connectivity index (χ4v) is 2.46. The monoisotopic (exact) mass is 372 g/mol. The molecule has 0 saturated heterocycles. The van der Waals surface area contributed by atoms with Crippen LogP contribution in [0.5, 0.6) is 5.75 Å². The first-order valence-electron chi connectivity index (χ1n) is 8.33. The number of amides is 2. The molecule has 7 heteroatoms. The maximum atomic E-state index is 12.5. The molecule has 0 aliphatic carbocycles. The molecule has 2 aromatic carbocycles. The molecule has 7 nitrogen and oxygen atoms in total. The summed E-state index contributed by atoms with van der Waals surface area (Å²) in [5.41, 5.74) is 1.41. The Kier molecular flexibility index (Phi) is 5.63. The highest BCUT2D eigenvalue weighted by molar-refractivity contribution is 6.06. The van der Waals surface area contributed by atoms with Crippen molar-refractivity contribution < 1.29 is 14.3 Å². The van der Waals surface area contributed by atoms with Crippen LogP contribution >= 0.6 is 0 Å². The summed E-state index contributed by atoms with van der Waals surface area (Å²) < 4.78 is 5.13. The number of anilines is 2. The maximum Gasteiger partial charge on any atom is 0.274 e. The van der Waals surface area contributed by atoms with E-state index in [2.05, 4.69) is 15.6 Å². The number of aromatic nitrogens is 1. The molecule has 0 unspecified atom stereocenters. The zero-order chi connectivity index (χ0) is 19.9. The van der Waals surface area contributed by atoms with E-state index in [4.69, 9.17) is 10.00 Å². The van der Waals surface area contributed by atoms with Crippen LogP contribution in [0.25, 0.3) is 0 Å². The lowest BCUT2D eigenvalue weighted by Crippen LogP contribution is -2.18. The molecule has 138 valence electrons. The van der Waals surface area contributed by atoms with Crippen molar-refractivity contribution in [3.63, 3.8) is 0 Å². The minimum Gasteiger partial charge on any atom is -0.497 e. The van der Waals surface area contributed by atoms with Crippen LogP contribution in [0.15, 0.2) is 66.7 Å². The second kappa shape index (κ2) is 8.47. The van der Waals surface area contributed by atoms with Crippen molar-refractivity contribution in [2.45, 2.75) is 0 Å². The van der Waals surface area contributed by atoms with Gasteiger partial charge in [0.05, 0.1) is 18.4 Å². The van der Waals surface area contributed by atoms with Gasteiger partial charge in [0.2, 0.25) is 0 Å². The highest BCUT2D eigenvalue weighted by atomic mass is 16.5. The van der Waals surface area contributed by atoms with Crippen LogP contribution in [0, 0.1) is 11.3 Å². The van der Waals surface area contributed by atoms with E-state index >= 15 is 0 Å². The molecule has 0 radical (unpaired) electrons. The Bertz CT molecular complexity index is 1070. The van der Waals surface area contributed by atoms with Crippen molar-refractivity contribution in [3.05, 3.63) is 83.7 Å². The van der Waals surface area contributed by atoms with Gasteiger partial charge in [-0.15, -0.1) is 0 Å². The highest BCUT2D eigenvalue weighted by Gasteiger charge is 2.14. The summed E-state index contributed by atoms with van der Waals surface area (Å²) in [4.78, 5) is 29.1. The Hall–Kier alpha value is -4.18. The highest BCUT2D eigenvalue weighted by Crippen LogP contribution is 2.18. The molecule has 0 spiro atoms. The van der Waals surface area contributed by atoms with Crippen molar-refractivity contribution in [1.29, 1.82) is 5.26 Å². The number of nitrogens with one attached hydrogen (secondary N) is 2. The Morgan fingerprint density at radius 1 is 0.929 bits per heavy atom. The Labute approximate surface area is 161 Å². The molecule has 3 rings (SSSR count). The number of hydrogen-bond donors (Lipinski definition) is 2. The van der Waals surface area contributed by atoms with Gasteiger partial charge in [0, 0.05) is 11.8 Å². The Morgan fingerprint density at radius 2 is 1.61 bits per heavy atom. The molecule has 2 amide bonds. The van der Waals surface area contributed by atoms with Crippen molar-refractivity contribution in [1.82, 2.24) is 4.98 Å². The number of carbonyl (C=O) groups is 2. The van der Waals surface area contributed by atoms with E-state index in [1.807, 2.05) is 6.07 Å². The van der Waals surface area contributed by atoms with E-state index < -0.39 is 11.8 Å². The minimum atomic E-state index is -0.515. The summed E-state index contributed by atoms with van der Waals surface area (Å²) in [6.07, 6.45) is 0. The average molecular weight is 372 g/mol. The number of benzene rings is 2. The molecule has 1 heterocycles. The third-order valence-electron chi connectivity index (χ3n) is 3.84. The number of methoxy groups -OCH3 is 1. The van der Waals surface area contributed by atoms with Gasteiger partial charge in [-0.1, -0.05) is 24.3 Å². The van der Waals surface area contributed by atoms with Gasteiger partial charge in [-0.3, -0.25) is 9.59 Å². The molecule has 0 aliphatic heterocycles. The quantitative estimate of drug-likeness (QED) is 0.714. The third-order valence-corrected chi connectivity index (χ3v) is 3.84. The molecule has 0 bridgehead atoms. The zero-order valence-electron chi connectivity index (χ0n) is 15.0. The van der Waals surface area contributed by atoms with E-state index in [1.165, 1.54) is 19.2 Å². The Balaban J connectivity index is 1.76. The summed E-state index contributed by atoms with van der Waals surface area (Å²) in [6, 6.07) is 20.1. The van der Waals surface area contributed by atoms with Crippen molar-refractivity contribution >= 4 is 23.2 Å². The van der Waals surface area contributed by atoms with Crippen LogP contribution < -0.4 is 15.4 Å². The molecule has 2 N–H and O–H groups in total. The van der Waals surface area contributed by atoms with Crippen LogP contribution in [0.4, 0.5) is 11.4 Å². The number of rotatable bonds is 5. The lowest BCUT2D eigenvalue weighted by molar-refractivity contribution is 0.101. The van der Waals surface area contributed by atoms with Crippen molar-refractivity contribution in [2.24, 2.45) is 0 Å². The van der Waals surface area contributed by atoms with Crippen LogP contribution in [-0.2, 0) is 0 Å². The van der Waals surface area contributed by atoms with Gasteiger partial charge in [0.1, 0.15) is 23.2 Å². The molecule has 0 saturated carbocycles. The lowest BCUT2D eigenvalue weighted by Gasteiger charge is -2.09. The molecule has 0 aliphatic rings. The van der Waals surface area contributed by atoms with Gasteiger partial charge in [-0.05, 0) is 36.4 Å². The topological polar surface area (TPSA) is 104 Å². The van der Waals surface area contributed by atoms with Gasteiger partial charge in [-0.25, -0.2) is 4.98 Å². The van der Waals surface area contributed by atoms with Crippen LogP contribution in [0.2, 0.25) is 0 Å². The van der Waals surface area contributed by atoms with Gasteiger partial charge >= 0.3 is 0 Å². The fourth-order valence-electron chi connectivity index (χ4n) is 2.46. The first-order valence-corrected chi connectivity index (χ1v) is 8.33. The van der Waals surface area contributed by atoms with Gasteiger partial charge in [-0.2, -0.15) is 5.26 Å². The fraction of sp³-hybridized carbons (Fsp3) is 0.0476. The maximum absolute atomic E-state index is 12.5. The standard InChI is InChI=1S/C21H16N4O3/c1-28-16-8-4-7-15(12-16)23-20(26)18-10-5-11-19(24-18)21(27)25-17-9-3-2-6-14(17)13-22/h2-12H,1H3,(H,23,26)(H,25,27). The Morgan fingerprint density at radius 3 is 2.32 bits per heavy atom. The second-order valence-electron chi connectivity index (χ2n) is 5.71. The number of hydrogen-bond acceptors (Lipinski definition) is 5. The van der Waals surface area contributed by atoms with E-state index in [1.54, 1.807) is 54.6 Å². The van der Waals surface area contributed by atoms with E-state index in [0.717, 1.165) is 0 Å². The van der Waals surface area contributed by atoms with E-state index in [-0.39, 0.29) is 11.4 Å². The van der Waals surface area contributed by atoms with Gasteiger partial charge in [0.25, 0.3) is 11.8 Å². The van der Waals surface area contributed by atoms with E-state index in [0.29, 0.717) is 22.7 Å². The molecule has 0 fully saturated rings. The predicted octanol–water partition coefficient (Wildman–Crippen LogP) is 3.47. The SMILES string of the molecule is COc1cccc(NC(=O)c2cccc(C(=O)Nc3ccccc3C#N)n2)c1. The van der Waals surface area contributed by atoms with Gasteiger partial charge < -0.3 is 15.4 Å². The molecular weight excluding hydrogens is 356 g/mol. The summed E-state index contributed by atoms with van der Waals surface area (Å²) in [5, 5.41) is 14.5. The molecule has 0 atom stereocenters. The van der Waals surface area contributed by atoms with Crippen LogP contribution in [0.1, 0.15) is 26.5 Å². The lowest BCUT2D eigenvalue weighted by atomic mass is 10.2. The molecular formula is C21H16N4O3. The summed E-state index contributed by atoms with van der Waals surface area (Å²) in [6.45, 7) is 0. The first kappa shape index (κ1) is 18.6. The largest absolute Gasteiger partial charge is 0.497 e. The van der Waals surface area contributed by atoms with E-state index in [9.17, 15) is 9.59 Å². The normalized spacial score (nSPS) is 9.86. The number of nitriles is 1. The molecule has 1 aromatic heterocycles. The van der Waals surface area contributed by atoms with Crippen LogP contribution in [-0.4, -0.2) is 23.9 Å². The second-order valence-corrected chi connectivity index (χ2v) is 5.71.